The van der Waals surface area contributed by atoms with Gasteiger partial charge in [0.15, 0.2) is 0 Å². The number of carboxylic acid groups (broad SMARTS) is 1. The SMILES string of the molecule is CC(C)(C1CCCC1)C1CCC(C(C)(C)C2CCC(C(=O)O)CC2)CC1. The molecule has 2 nitrogen and oxygen atoms in total. The zero-order chi connectivity index (χ0) is 18.9. The molecule has 3 aliphatic carbocycles. The molecule has 0 aliphatic heterocycles. The van der Waals surface area contributed by atoms with E-state index in [1.165, 1.54) is 51.4 Å². The highest BCUT2D eigenvalue weighted by atomic mass is 16.4. The van der Waals surface area contributed by atoms with Gasteiger partial charge in [0.05, 0.1) is 5.92 Å². The van der Waals surface area contributed by atoms with Crippen LogP contribution in [0.2, 0.25) is 0 Å². The maximum Gasteiger partial charge on any atom is 0.306 e. The molecule has 0 spiro atoms. The second kappa shape index (κ2) is 7.84. The monoisotopic (exact) mass is 362 g/mol. The van der Waals surface area contributed by atoms with E-state index in [4.69, 9.17) is 0 Å². The number of carbonyl (C=O) groups is 1. The molecular weight excluding hydrogens is 320 g/mol. The molecule has 0 aromatic rings. The lowest BCUT2D eigenvalue weighted by molar-refractivity contribution is -0.143. The topological polar surface area (TPSA) is 37.3 Å². The Labute approximate surface area is 161 Å². The number of carboxylic acids is 1. The maximum absolute atomic E-state index is 11.3. The molecule has 0 heterocycles. The molecule has 0 atom stereocenters. The van der Waals surface area contributed by atoms with Crippen LogP contribution in [0, 0.1) is 40.4 Å². The van der Waals surface area contributed by atoms with E-state index in [2.05, 4.69) is 27.7 Å². The van der Waals surface area contributed by atoms with E-state index in [0.29, 0.717) is 10.8 Å². The summed E-state index contributed by atoms with van der Waals surface area (Å²) in [5.41, 5.74) is 0.914. The summed E-state index contributed by atoms with van der Waals surface area (Å²) in [6.45, 7) is 10.1. The quantitative estimate of drug-likeness (QED) is 0.576. The first-order valence-electron chi connectivity index (χ1n) is 11.5. The Hall–Kier alpha value is -0.530. The minimum absolute atomic E-state index is 0.0787. The first kappa shape index (κ1) is 20.2. The Bertz CT molecular complexity index is 470. The van der Waals surface area contributed by atoms with Gasteiger partial charge in [-0.1, -0.05) is 40.5 Å². The van der Waals surface area contributed by atoms with E-state index < -0.39 is 5.97 Å². The smallest absolute Gasteiger partial charge is 0.306 e. The number of hydrogen-bond acceptors (Lipinski definition) is 1. The summed E-state index contributed by atoms with van der Waals surface area (Å²) in [6.07, 6.45) is 15.5. The molecule has 0 aromatic carbocycles. The second-order valence-electron chi connectivity index (χ2n) is 11.1. The lowest BCUT2D eigenvalue weighted by Crippen LogP contribution is -2.40. The summed E-state index contributed by atoms with van der Waals surface area (Å²) in [5.74, 6) is 2.79. The zero-order valence-corrected chi connectivity index (χ0v) is 17.7. The third-order valence-electron chi connectivity index (χ3n) is 9.37. The largest absolute Gasteiger partial charge is 0.481 e. The molecule has 3 aliphatic rings. The summed E-state index contributed by atoms with van der Waals surface area (Å²) in [5, 5.41) is 9.27. The zero-order valence-electron chi connectivity index (χ0n) is 17.7. The molecular formula is C24H42O2. The van der Waals surface area contributed by atoms with Crippen molar-refractivity contribution in [2.45, 2.75) is 105 Å². The molecule has 0 radical (unpaired) electrons. The Morgan fingerprint density at radius 2 is 0.923 bits per heavy atom. The van der Waals surface area contributed by atoms with Gasteiger partial charge in [0, 0.05) is 0 Å². The van der Waals surface area contributed by atoms with Crippen molar-refractivity contribution in [3.05, 3.63) is 0 Å². The van der Waals surface area contributed by atoms with Gasteiger partial charge in [0.1, 0.15) is 0 Å². The lowest BCUT2D eigenvalue weighted by atomic mass is 9.56. The van der Waals surface area contributed by atoms with Gasteiger partial charge in [-0.2, -0.15) is 0 Å². The van der Waals surface area contributed by atoms with Gasteiger partial charge in [0.2, 0.25) is 0 Å². The van der Waals surface area contributed by atoms with Crippen LogP contribution in [0.25, 0.3) is 0 Å². The van der Waals surface area contributed by atoms with Gasteiger partial charge < -0.3 is 5.11 Å². The molecule has 150 valence electrons. The Kier molecular flexibility index (Phi) is 6.09. The molecule has 0 saturated heterocycles. The predicted molar refractivity (Wildman–Crippen MR) is 108 cm³/mol. The highest BCUT2D eigenvalue weighted by Gasteiger charge is 2.45. The van der Waals surface area contributed by atoms with Gasteiger partial charge in [-0.15, -0.1) is 0 Å². The van der Waals surface area contributed by atoms with Crippen molar-refractivity contribution in [2.75, 3.05) is 0 Å². The minimum Gasteiger partial charge on any atom is -0.481 e. The van der Waals surface area contributed by atoms with Crippen LogP contribution in [0.1, 0.15) is 105 Å². The molecule has 0 bridgehead atoms. The minimum atomic E-state index is -0.573. The molecule has 26 heavy (non-hydrogen) atoms. The fourth-order valence-electron chi connectivity index (χ4n) is 7.00. The molecule has 1 N–H and O–H groups in total. The van der Waals surface area contributed by atoms with Gasteiger partial charge in [-0.3, -0.25) is 4.79 Å². The van der Waals surface area contributed by atoms with Crippen LogP contribution in [-0.2, 0) is 4.79 Å². The average Bonchev–Trinajstić information content (AvgIpc) is 3.17. The first-order valence-corrected chi connectivity index (χ1v) is 11.5. The van der Waals surface area contributed by atoms with Crippen molar-refractivity contribution in [1.29, 1.82) is 0 Å². The summed E-state index contributed by atoms with van der Waals surface area (Å²) in [4.78, 5) is 11.3. The number of hydrogen-bond donors (Lipinski definition) is 1. The van der Waals surface area contributed by atoms with Crippen molar-refractivity contribution in [3.63, 3.8) is 0 Å². The molecule has 0 aromatic heterocycles. The fraction of sp³-hybridized carbons (Fsp3) is 0.958. The van der Waals surface area contributed by atoms with E-state index in [0.717, 1.165) is 49.4 Å². The van der Waals surface area contributed by atoms with E-state index in [1.807, 2.05) is 0 Å². The Morgan fingerprint density at radius 3 is 1.27 bits per heavy atom. The molecule has 3 fully saturated rings. The lowest BCUT2D eigenvalue weighted by Gasteiger charge is -2.49. The first-order chi connectivity index (χ1) is 12.2. The van der Waals surface area contributed by atoms with Crippen LogP contribution >= 0.6 is 0 Å². The van der Waals surface area contributed by atoms with Gasteiger partial charge in [-0.05, 0) is 98.7 Å². The van der Waals surface area contributed by atoms with Gasteiger partial charge >= 0.3 is 5.97 Å². The average molecular weight is 363 g/mol. The third kappa shape index (κ3) is 3.99. The maximum atomic E-state index is 11.3. The van der Waals surface area contributed by atoms with Crippen LogP contribution in [0.5, 0.6) is 0 Å². The van der Waals surface area contributed by atoms with E-state index in [9.17, 15) is 9.90 Å². The molecule has 3 saturated carbocycles. The summed E-state index contributed by atoms with van der Waals surface area (Å²) >= 11 is 0. The van der Waals surface area contributed by atoms with Crippen LogP contribution in [0.4, 0.5) is 0 Å². The third-order valence-corrected chi connectivity index (χ3v) is 9.37. The molecule has 2 heteroatoms. The van der Waals surface area contributed by atoms with E-state index in [-0.39, 0.29) is 5.92 Å². The van der Waals surface area contributed by atoms with Gasteiger partial charge in [-0.25, -0.2) is 0 Å². The highest BCUT2D eigenvalue weighted by molar-refractivity contribution is 5.70. The standard InChI is InChI=1S/C24H42O2/c1-23(2,18-7-5-6-8-18)20-13-15-21(16-14-20)24(3,4)19-11-9-17(10-12-19)22(25)26/h17-21H,5-16H2,1-4H3,(H,25,26). The Balaban J connectivity index is 1.54. The molecule has 0 unspecified atom stereocenters. The normalized spacial score (nSPS) is 34.8. The summed E-state index contributed by atoms with van der Waals surface area (Å²) in [6, 6.07) is 0. The van der Waals surface area contributed by atoms with Crippen LogP contribution < -0.4 is 0 Å². The van der Waals surface area contributed by atoms with E-state index in [1.54, 1.807) is 0 Å². The summed E-state index contributed by atoms with van der Waals surface area (Å²) < 4.78 is 0. The van der Waals surface area contributed by atoms with E-state index >= 15 is 0 Å². The second-order valence-corrected chi connectivity index (χ2v) is 11.1. The number of aliphatic carboxylic acids is 1. The van der Waals surface area contributed by atoms with Gasteiger partial charge in [0.25, 0.3) is 0 Å². The van der Waals surface area contributed by atoms with Crippen molar-refractivity contribution in [3.8, 4) is 0 Å². The highest BCUT2D eigenvalue weighted by Crippen LogP contribution is 2.54. The van der Waals surface area contributed by atoms with Crippen molar-refractivity contribution >= 4 is 5.97 Å². The fourth-order valence-corrected chi connectivity index (χ4v) is 7.00. The van der Waals surface area contributed by atoms with Crippen LogP contribution in [-0.4, -0.2) is 11.1 Å². The Morgan fingerprint density at radius 1 is 0.615 bits per heavy atom. The summed E-state index contributed by atoms with van der Waals surface area (Å²) in [7, 11) is 0. The van der Waals surface area contributed by atoms with Crippen molar-refractivity contribution in [1.82, 2.24) is 0 Å². The van der Waals surface area contributed by atoms with Crippen molar-refractivity contribution in [2.24, 2.45) is 40.4 Å². The van der Waals surface area contributed by atoms with Crippen LogP contribution in [0.3, 0.4) is 0 Å². The molecule has 0 amide bonds. The van der Waals surface area contributed by atoms with Crippen molar-refractivity contribution < 1.29 is 9.90 Å². The molecule has 3 rings (SSSR count). The number of rotatable bonds is 5. The predicted octanol–water partition coefficient (Wildman–Crippen LogP) is 6.93. The van der Waals surface area contributed by atoms with Crippen LogP contribution in [0.15, 0.2) is 0 Å².